The lowest BCUT2D eigenvalue weighted by atomic mass is 9.71. The lowest BCUT2D eigenvalue weighted by Crippen LogP contribution is -2.24. The fourth-order valence-electron chi connectivity index (χ4n) is 15.1. The minimum absolute atomic E-state index is 0.310. The Hall–Kier alpha value is -9.76. The van der Waals surface area contributed by atoms with Crippen molar-refractivity contribution in [3.8, 4) is 44.5 Å². The number of para-hydroxylation sites is 4. The van der Waals surface area contributed by atoms with Crippen molar-refractivity contribution in [3.05, 3.63) is 294 Å². The molecule has 0 N–H and O–H groups in total. The van der Waals surface area contributed by atoms with Gasteiger partial charge in [0.25, 0.3) is 0 Å². The Bertz CT molecular complexity index is 4640. The maximum Gasteiger partial charge on any atom is 0.0618 e. The second-order valence-corrected chi connectivity index (χ2v) is 23.7. The number of hydrogen-bond acceptors (Lipinski definition) is 2. The van der Waals surface area contributed by atoms with Crippen molar-refractivity contribution in [1.82, 2.24) is 0 Å². The van der Waals surface area contributed by atoms with Crippen LogP contribution >= 0.6 is 0 Å². The molecule has 13 aromatic carbocycles. The molecular formula is C80H60N2. The average molecular weight is 1050 g/mol. The molecule has 3 aliphatic rings. The van der Waals surface area contributed by atoms with Crippen LogP contribution in [-0.4, -0.2) is 0 Å². The molecule has 0 saturated heterocycles. The standard InChI is InChI=1S/C80H60N2/c1-79(2)69-49-51(71-59-37-19-23-41-63(59)77(64-42-24-20-38-60(64)71)81(53-27-9-5-10-28-53)54-29-11-6-12-30-54)45-47-67(69)73-57-35-17-18-36-58(57)74-68-48-46-52(50-70(68)80(3,4)76(74)75(73)79)72-61-39-21-25-43-65(61)78(66-44-26-22-40-62(66)72)82(55-31-13-7-14-32-55)56-33-15-8-16-34-56/h5-21,23-39,41-50H,22,40H2,1-4H3. The summed E-state index contributed by atoms with van der Waals surface area (Å²) in [7, 11) is 0. The van der Waals surface area contributed by atoms with Crippen LogP contribution in [0.25, 0.3) is 93.7 Å². The van der Waals surface area contributed by atoms with Gasteiger partial charge >= 0.3 is 0 Å². The second kappa shape index (κ2) is 18.4. The van der Waals surface area contributed by atoms with Crippen molar-refractivity contribution in [2.24, 2.45) is 0 Å². The van der Waals surface area contributed by atoms with Gasteiger partial charge in [0.15, 0.2) is 0 Å². The molecule has 0 heterocycles. The van der Waals surface area contributed by atoms with Crippen LogP contribution in [0.5, 0.6) is 0 Å². The molecule has 0 radical (unpaired) electrons. The van der Waals surface area contributed by atoms with Crippen LogP contribution in [0.1, 0.15) is 67.5 Å². The van der Waals surface area contributed by atoms with Gasteiger partial charge in [-0.3, -0.25) is 0 Å². The summed E-state index contributed by atoms with van der Waals surface area (Å²) in [6.07, 6.45) is 6.76. The summed E-state index contributed by atoms with van der Waals surface area (Å²) in [5.74, 6) is 0. The molecule has 16 rings (SSSR count). The molecule has 13 aromatic rings. The van der Waals surface area contributed by atoms with Crippen LogP contribution in [0.2, 0.25) is 0 Å². The third-order valence-electron chi connectivity index (χ3n) is 18.6. The van der Waals surface area contributed by atoms with Gasteiger partial charge in [-0.15, -0.1) is 0 Å². The molecule has 0 amide bonds. The highest BCUT2D eigenvalue weighted by atomic mass is 15.2. The van der Waals surface area contributed by atoms with Gasteiger partial charge in [-0.05, 0) is 173 Å². The quantitative estimate of drug-likeness (QED) is 0.140. The van der Waals surface area contributed by atoms with Crippen LogP contribution in [0.3, 0.4) is 0 Å². The summed E-state index contributed by atoms with van der Waals surface area (Å²) in [6.45, 7) is 10.0. The lowest BCUT2D eigenvalue weighted by molar-refractivity contribution is 0.602. The Morgan fingerprint density at radius 3 is 1.06 bits per heavy atom. The minimum Gasteiger partial charge on any atom is -0.309 e. The van der Waals surface area contributed by atoms with Gasteiger partial charge in [-0.1, -0.05) is 234 Å². The summed E-state index contributed by atoms with van der Waals surface area (Å²) in [5, 5.41) is 10.1. The van der Waals surface area contributed by atoms with Gasteiger partial charge in [-0.25, -0.2) is 0 Å². The zero-order valence-corrected chi connectivity index (χ0v) is 46.7. The van der Waals surface area contributed by atoms with Crippen LogP contribution in [0.15, 0.2) is 261 Å². The zero-order valence-electron chi connectivity index (χ0n) is 46.7. The normalized spacial score (nSPS) is 14.1. The van der Waals surface area contributed by atoms with E-state index in [0.29, 0.717) is 0 Å². The molecule has 0 aromatic heterocycles. The maximum absolute atomic E-state index is 2.59. The number of benzene rings is 13. The minimum atomic E-state index is -0.319. The monoisotopic (exact) mass is 1050 g/mol. The molecule has 0 saturated carbocycles. The molecule has 0 fully saturated rings. The highest BCUT2D eigenvalue weighted by molar-refractivity contribution is 6.23. The van der Waals surface area contributed by atoms with E-state index in [4.69, 9.17) is 0 Å². The summed E-state index contributed by atoms with van der Waals surface area (Å²) in [4.78, 5) is 4.92. The van der Waals surface area contributed by atoms with Gasteiger partial charge in [0.1, 0.15) is 0 Å². The topological polar surface area (TPSA) is 6.48 Å². The van der Waals surface area contributed by atoms with Crippen molar-refractivity contribution in [1.29, 1.82) is 0 Å². The van der Waals surface area contributed by atoms with E-state index >= 15 is 0 Å². The third kappa shape index (κ3) is 7.01. The first-order valence-electron chi connectivity index (χ1n) is 29.2. The van der Waals surface area contributed by atoms with E-state index in [-0.39, 0.29) is 10.8 Å². The fraction of sp³-hybridized carbons (Fsp3) is 0.100. The van der Waals surface area contributed by atoms with Crippen molar-refractivity contribution in [3.63, 3.8) is 0 Å². The smallest absolute Gasteiger partial charge is 0.0618 e. The van der Waals surface area contributed by atoms with Crippen LogP contribution in [0.4, 0.5) is 34.1 Å². The number of anilines is 6. The van der Waals surface area contributed by atoms with Gasteiger partial charge in [-0.2, -0.15) is 0 Å². The van der Waals surface area contributed by atoms with Crippen molar-refractivity contribution < 1.29 is 0 Å². The predicted octanol–water partition coefficient (Wildman–Crippen LogP) is 22.1. The Morgan fingerprint density at radius 1 is 0.317 bits per heavy atom. The fourth-order valence-corrected chi connectivity index (χ4v) is 15.1. The van der Waals surface area contributed by atoms with Gasteiger partial charge < -0.3 is 9.80 Å². The average Bonchev–Trinajstić information content (AvgIpc) is 2.51. The van der Waals surface area contributed by atoms with Gasteiger partial charge in [0.05, 0.1) is 11.4 Å². The summed E-state index contributed by atoms with van der Waals surface area (Å²) < 4.78 is 0. The molecular weight excluding hydrogens is 989 g/mol. The first kappa shape index (κ1) is 48.2. The molecule has 3 aliphatic carbocycles. The van der Waals surface area contributed by atoms with E-state index in [2.05, 4.69) is 304 Å². The molecule has 2 nitrogen and oxygen atoms in total. The van der Waals surface area contributed by atoms with E-state index in [0.717, 1.165) is 35.6 Å². The molecule has 390 valence electrons. The van der Waals surface area contributed by atoms with Crippen LogP contribution < -0.4 is 9.80 Å². The number of rotatable bonds is 8. The molecule has 0 atom stereocenters. The van der Waals surface area contributed by atoms with E-state index in [9.17, 15) is 0 Å². The largest absolute Gasteiger partial charge is 0.309 e. The van der Waals surface area contributed by atoms with Gasteiger partial charge in [0.2, 0.25) is 0 Å². The Kier molecular flexibility index (Phi) is 10.8. The second-order valence-electron chi connectivity index (χ2n) is 23.7. The SMILES string of the molecule is CC1(C)c2cc(-c3c4c(c(N(c5ccccc5)c5ccccc5)c5ccccc35)C=CCC4)ccc2-c2c1c1c(c3ccccc23)-c2ccc(-c3c4ccccc4c(N(c4ccccc4)c4ccccc4)c4ccccc34)cc2C1(C)C. The maximum atomic E-state index is 2.59. The predicted molar refractivity (Wildman–Crippen MR) is 349 cm³/mol. The highest BCUT2D eigenvalue weighted by Crippen LogP contribution is 2.63. The van der Waals surface area contributed by atoms with E-state index in [1.54, 1.807) is 0 Å². The van der Waals surface area contributed by atoms with Crippen LogP contribution in [-0.2, 0) is 17.3 Å². The Morgan fingerprint density at radius 2 is 0.646 bits per heavy atom. The number of nitrogens with zero attached hydrogens (tertiary/aromatic N) is 2. The van der Waals surface area contributed by atoms with Crippen molar-refractivity contribution in [2.45, 2.75) is 51.4 Å². The molecule has 82 heavy (non-hydrogen) atoms. The third-order valence-corrected chi connectivity index (χ3v) is 18.6. The Balaban J connectivity index is 0.873. The zero-order chi connectivity index (χ0) is 54.8. The van der Waals surface area contributed by atoms with E-state index < -0.39 is 0 Å². The highest BCUT2D eigenvalue weighted by Gasteiger charge is 2.48. The number of hydrogen-bond donors (Lipinski definition) is 0. The Labute approximate surface area is 480 Å². The van der Waals surface area contributed by atoms with Crippen LogP contribution in [0, 0.1) is 0 Å². The molecule has 0 unspecified atom stereocenters. The first-order valence-corrected chi connectivity index (χ1v) is 29.2. The summed E-state index contributed by atoms with van der Waals surface area (Å²) >= 11 is 0. The lowest BCUT2D eigenvalue weighted by Gasteiger charge is -2.32. The molecule has 0 aliphatic heterocycles. The molecule has 0 spiro atoms. The summed E-state index contributed by atoms with van der Waals surface area (Å²) in [6, 6.07) is 95.0. The molecule has 2 heteroatoms. The number of allylic oxidation sites excluding steroid dienone is 1. The number of fused-ring (bicyclic) bond motifs is 14. The van der Waals surface area contributed by atoms with Crippen molar-refractivity contribution >= 4 is 83.3 Å². The summed E-state index contributed by atoms with van der Waals surface area (Å²) in [5.41, 5.74) is 25.4. The van der Waals surface area contributed by atoms with Gasteiger partial charge in [0, 0.05) is 55.3 Å². The van der Waals surface area contributed by atoms with E-state index in [1.165, 1.54) is 132 Å². The first-order chi connectivity index (χ1) is 40.3. The molecule has 0 bridgehead atoms. The van der Waals surface area contributed by atoms with E-state index in [1.807, 2.05) is 0 Å². The van der Waals surface area contributed by atoms with Crippen molar-refractivity contribution in [2.75, 3.05) is 9.80 Å².